The Hall–Kier alpha value is -2.37. The van der Waals surface area contributed by atoms with Crippen molar-refractivity contribution < 1.29 is 19.4 Å². The standard InChI is InChI=1S/C25H29NO4/c1-29-13-12-25(28)14-17-10-11-18(15-25)26(17)24(27)30-16-23-21-8-4-2-6-19(21)20-7-3-5-9-22(20)23/h2-9,17-18,23,28H,10-16H2,1H3. The molecule has 2 bridgehead atoms. The second-order valence-corrected chi connectivity index (χ2v) is 8.97. The molecule has 158 valence electrons. The number of aliphatic hydroxyl groups is 1. The molecule has 30 heavy (non-hydrogen) atoms. The summed E-state index contributed by atoms with van der Waals surface area (Å²) >= 11 is 0. The Balaban J connectivity index is 1.29. The number of rotatable bonds is 5. The Morgan fingerprint density at radius 1 is 1.03 bits per heavy atom. The Bertz CT molecular complexity index is 883. The maximum absolute atomic E-state index is 13.1. The van der Waals surface area contributed by atoms with E-state index in [0.717, 1.165) is 12.8 Å². The van der Waals surface area contributed by atoms with Crippen LogP contribution in [0.5, 0.6) is 0 Å². The van der Waals surface area contributed by atoms with E-state index in [4.69, 9.17) is 9.47 Å². The fraction of sp³-hybridized carbons (Fsp3) is 0.480. The lowest BCUT2D eigenvalue weighted by molar-refractivity contribution is -0.0636. The van der Waals surface area contributed by atoms with E-state index in [9.17, 15) is 9.90 Å². The summed E-state index contributed by atoms with van der Waals surface area (Å²) in [5.41, 5.74) is 4.18. The van der Waals surface area contributed by atoms with Gasteiger partial charge in [-0.05, 0) is 54.4 Å². The minimum atomic E-state index is -0.734. The topological polar surface area (TPSA) is 59.0 Å². The van der Waals surface area contributed by atoms with Gasteiger partial charge in [0, 0.05) is 31.7 Å². The minimum Gasteiger partial charge on any atom is -0.448 e. The Morgan fingerprint density at radius 3 is 2.17 bits per heavy atom. The highest BCUT2D eigenvalue weighted by Gasteiger charge is 2.49. The number of hydrogen-bond acceptors (Lipinski definition) is 4. The summed E-state index contributed by atoms with van der Waals surface area (Å²) < 4.78 is 11.1. The van der Waals surface area contributed by atoms with E-state index in [1.165, 1.54) is 22.3 Å². The van der Waals surface area contributed by atoms with E-state index < -0.39 is 5.60 Å². The van der Waals surface area contributed by atoms with Gasteiger partial charge in [0.25, 0.3) is 0 Å². The van der Waals surface area contributed by atoms with Gasteiger partial charge in [-0.15, -0.1) is 0 Å². The van der Waals surface area contributed by atoms with Crippen LogP contribution in [0.1, 0.15) is 49.1 Å². The van der Waals surface area contributed by atoms with Crippen LogP contribution in [0.25, 0.3) is 11.1 Å². The molecule has 2 aromatic carbocycles. The fourth-order valence-corrected chi connectivity index (χ4v) is 5.79. The molecular formula is C25H29NO4. The maximum Gasteiger partial charge on any atom is 0.410 e. The molecule has 2 aromatic rings. The highest BCUT2D eigenvalue weighted by Crippen LogP contribution is 2.45. The van der Waals surface area contributed by atoms with Crippen molar-refractivity contribution in [3.63, 3.8) is 0 Å². The molecule has 0 radical (unpaired) electrons. The zero-order valence-electron chi connectivity index (χ0n) is 17.4. The second-order valence-electron chi connectivity index (χ2n) is 8.97. The largest absolute Gasteiger partial charge is 0.448 e. The van der Waals surface area contributed by atoms with Crippen molar-refractivity contribution in [2.45, 2.75) is 55.7 Å². The van der Waals surface area contributed by atoms with E-state index in [2.05, 4.69) is 36.4 Å². The lowest BCUT2D eigenvalue weighted by Gasteiger charge is -2.43. The number of carbonyl (C=O) groups excluding carboxylic acids is 1. The predicted octanol–water partition coefficient (Wildman–Crippen LogP) is 4.33. The van der Waals surface area contributed by atoms with Crippen LogP contribution < -0.4 is 0 Å². The number of amides is 1. The summed E-state index contributed by atoms with van der Waals surface area (Å²) in [6.45, 7) is 0.887. The van der Waals surface area contributed by atoms with Crippen LogP contribution in [-0.2, 0) is 9.47 Å². The molecule has 2 saturated heterocycles. The van der Waals surface area contributed by atoms with Crippen LogP contribution in [0, 0.1) is 0 Å². The highest BCUT2D eigenvalue weighted by molar-refractivity contribution is 5.79. The lowest BCUT2D eigenvalue weighted by Crippen LogP contribution is -2.53. The average Bonchev–Trinajstić information content (AvgIpc) is 3.23. The molecule has 1 aliphatic carbocycles. The van der Waals surface area contributed by atoms with Crippen molar-refractivity contribution >= 4 is 6.09 Å². The van der Waals surface area contributed by atoms with Crippen molar-refractivity contribution in [3.05, 3.63) is 59.7 Å². The second kappa shape index (κ2) is 7.71. The van der Waals surface area contributed by atoms with Gasteiger partial charge in [0.1, 0.15) is 6.61 Å². The lowest BCUT2D eigenvalue weighted by atomic mass is 9.84. The molecule has 3 aliphatic rings. The SMILES string of the molecule is COCCC1(O)CC2CCC(C1)N2C(=O)OCC1c2ccccc2-c2ccccc21. The molecule has 2 aliphatic heterocycles. The molecular weight excluding hydrogens is 378 g/mol. The smallest absolute Gasteiger partial charge is 0.410 e. The molecule has 0 saturated carbocycles. The maximum atomic E-state index is 13.1. The van der Waals surface area contributed by atoms with Gasteiger partial charge in [-0.25, -0.2) is 4.79 Å². The number of hydrogen-bond donors (Lipinski definition) is 1. The first-order chi connectivity index (χ1) is 14.6. The van der Waals surface area contributed by atoms with Gasteiger partial charge in [-0.2, -0.15) is 0 Å². The normalized spacial score (nSPS) is 27.1. The van der Waals surface area contributed by atoms with Gasteiger partial charge in [0.15, 0.2) is 0 Å². The first-order valence-electron chi connectivity index (χ1n) is 10.9. The molecule has 0 spiro atoms. The monoisotopic (exact) mass is 407 g/mol. The fourth-order valence-electron chi connectivity index (χ4n) is 5.79. The van der Waals surface area contributed by atoms with Gasteiger partial charge in [0.05, 0.1) is 5.60 Å². The molecule has 2 atom stereocenters. The van der Waals surface area contributed by atoms with Crippen LogP contribution >= 0.6 is 0 Å². The molecule has 0 aromatic heterocycles. The zero-order valence-corrected chi connectivity index (χ0v) is 17.4. The molecule has 2 heterocycles. The molecule has 5 heteroatoms. The van der Waals surface area contributed by atoms with Crippen molar-refractivity contribution in [3.8, 4) is 11.1 Å². The van der Waals surface area contributed by atoms with Crippen molar-refractivity contribution in [1.29, 1.82) is 0 Å². The summed E-state index contributed by atoms with van der Waals surface area (Å²) in [5.74, 6) is 0.0717. The van der Waals surface area contributed by atoms with E-state index in [-0.39, 0.29) is 24.1 Å². The number of ether oxygens (including phenoxy) is 2. The summed E-state index contributed by atoms with van der Waals surface area (Å²) in [7, 11) is 1.66. The van der Waals surface area contributed by atoms with E-state index in [1.54, 1.807) is 7.11 Å². The van der Waals surface area contributed by atoms with Gasteiger partial charge in [-0.3, -0.25) is 0 Å². The number of piperidine rings is 1. The quantitative estimate of drug-likeness (QED) is 0.802. The molecule has 5 rings (SSSR count). The Morgan fingerprint density at radius 2 is 1.60 bits per heavy atom. The minimum absolute atomic E-state index is 0.0567. The number of fused-ring (bicyclic) bond motifs is 5. The number of benzene rings is 2. The molecule has 5 nitrogen and oxygen atoms in total. The van der Waals surface area contributed by atoms with Crippen molar-refractivity contribution in [2.75, 3.05) is 20.3 Å². The molecule has 1 N–H and O–H groups in total. The van der Waals surface area contributed by atoms with Crippen molar-refractivity contribution in [2.24, 2.45) is 0 Å². The van der Waals surface area contributed by atoms with E-state index >= 15 is 0 Å². The van der Waals surface area contributed by atoms with Crippen LogP contribution in [0.4, 0.5) is 4.79 Å². The van der Waals surface area contributed by atoms with E-state index in [0.29, 0.717) is 32.5 Å². The van der Waals surface area contributed by atoms with Gasteiger partial charge in [0.2, 0.25) is 0 Å². The molecule has 1 amide bonds. The third kappa shape index (κ3) is 3.30. The average molecular weight is 408 g/mol. The third-order valence-corrected chi connectivity index (χ3v) is 7.17. The van der Waals surface area contributed by atoms with Crippen LogP contribution in [-0.4, -0.2) is 54.1 Å². The molecule has 2 fully saturated rings. The summed E-state index contributed by atoms with van der Waals surface area (Å²) in [6, 6.07) is 16.9. The van der Waals surface area contributed by atoms with Crippen LogP contribution in [0.15, 0.2) is 48.5 Å². The summed E-state index contributed by atoms with van der Waals surface area (Å²) in [6.07, 6.45) is 3.47. The summed E-state index contributed by atoms with van der Waals surface area (Å²) in [5, 5.41) is 10.9. The number of methoxy groups -OCH3 is 1. The first-order valence-corrected chi connectivity index (χ1v) is 10.9. The summed E-state index contributed by atoms with van der Waals surface area (Å²) in [4.78, 5) is 15.0. The van der Waals surface area contributed by atoms with Crippen LogP contribution in [0.2, 0.25) is 0 Å². The first kappa shape index (κ1) is 19.6. The zero-order chi connectivity index (χ0) is 20.7. The number of carbonyl (C=O) groups is 1. The predicted molar refractivity (Wildman–Crippen MR) is 114 cm³/mol. The number of nitrogens with zero attached hydrogens (tertiary/aromatic N) is 1. The Labute approximate surface area is 177 Å². The van der Waals surface area contributed by atoms with Gasteiger partial charge in [-0.1, -0.05) is 48.5 Å². The highest BCUT2D eigenvalue weighted by atomic mass is 16.6. The van der Waals surface area contributed by atoms with Gasteiger partial charge >= 0.3 is 6.09 Å². The Kier molecular flexibility index (Phi) is 5.03. The third-order valence-electron chi connectivity index (χ3n) is 7.17. The van der Waals surface area contributed by atoms with Crippen LogP contribution in [0.3, 0.4) is 0 Å². The van der Waals surface area contributed by atoms with E-state index in [1.807, 2.05) is 17.0 Å². The molecule has 2 unspecified atom stereocenters. The van der Waals surface area contributed by atoms with Gasteiger partial charge < -0.3 is 19.5 Å². The van der Waals surface area contributed by atoms with Crippen molar-refractivity contribution in [1.82, 2.24) is 4.90 Å².